The molecule has 5 nitrogen and oxygen atoms in total. The van der Waals surface area contributed by atoms with Gasteiger partial charge in [0.15, 0.2) is 11.5 Å². The second kappa shape index (κ2) is 14.0. The highest BCUT2D eigenvalue weighted by atomic mass is 16.5. The van der Waals surface area contributed by atoms with Crippen LogP contribution in [-0.2, 0) is 26.1 Å². The van der Waals surface area contributed by atoms with Crippen molar-refractivity contribution < 1.29 is 14.3 Å². The van der Waals surface area contributed by atoms with Gasteiger partial charge >= 0.3 is 0 Å². The Morgan fingerprint density at radius 1 is 0.711 bits per heavy atom. The van der Waals surface area contributed by atoms with Crippen molar-refractivity contribution in [2.24, 2.45) is 5.73 Å². The predicted octanol–water partition coefficient (Wildman–Crippen LogP) is 6.10. The van der Waals surface area contributed by atoms with E-state index in [1.807, 2.05) is 60.7 Å². The summed E-state index contributed by atoms with van der Waals surface area (Å²) in [5.41, 5.74) is 10.5. The SMILES string of the molecule is CC(CCc1cccc(C(N)=O)c1)NCCc1ccc(OCc2ccccc2)c(OCc2ccccc2)c1. The van der Waals surface area contributed by atoms with Gasteiger partial charge in [-0.05, 0) is 79.3 Å². The van der Waals surface area contributed by atoms with Crippen LogP contribution in [0.5, 0.6) is 11.5 Å². The largest absolute Gasteiger partial charge is 0.485 e. The highest BCUT2D eigenvalue weighted by Crippen LogP contribution is 2.30. The molecule has 38 heavy (non-hydrogen) atoms. The average Bonchev–Trinajstić information content (AvgIpc) is 2.95. The van der Waals surface area contributed by atoms with E-state index in [2.05, 4.69) is 48.6 Å². The van der Waals surface area contributed by atoms with Crippen LogP contribution < -0.4 is 20.5 Å². The number of carbonyl (C=O) groups is 1. The normalized spacial score (nSPS) is 11.6. The van der Waals surface area contributed by atoms with Gasteiger partial charge in [0.2, 0.25) is 5.91 Å². The Morgan fingerprint density at radius 3 is 1.97 bits per heavy atom. The number of ether oxygens (including phenoxy) is 2. The van der Waals surface area contributed by atoms with E-state index in [1.165, 1.54) is 5.56 Å². The zero-order valence-electron chi connectivity index (χ0n) is 21.9. The van der Waals surface area contributed by atoms with E-state index < -0.39 is 0 Å². The van der Waals surface area contributed by atoms with Crippen LogP contribution in [0.2, 0.25) is 0 Å². The lowest BCUT2D eigenvalue weighted by Gasteiger charge is -2.16. The van der Waals surface area contributed by atoms with Gasteiger partial charge in [-0.2, -0.15) is 0 Å². The Morgan fingerprint density at radius 2 is 1.32 bits per heavy atom. The molecule has 0 heterocycles. The van der Waals surface area contributed by atoms with Crippen molar-refractivity contribution in [1.82, 2.24) is 5.32 Å². The molecule has 0 saturated heterocycles. The van der Waals surface area contributed by atoms with Crippen molar-refractivity contribution in [3.63, 3.8) is 0 Å². The third kappa shape index (κ3) is 8.49. The van der Waals surface area contributed by atoms with Crippen LogP contribution in [0.15, 0.2) is 103 Å². The minimum Gasteiger partial charge on any atom is -0.485 e. The van der Waals surface area contributed by atoms with Gasteiger partial charge in [-0.15, -0.1) is 0 Å². The Balaban J connectivity index is 1.32. The molecule has 4 aromatic rings. The maximum atomic E-state index is 11.4. The number of carbonyl (C=O) groups excluding carboxylic acids is 1. The number of nitrogens with two attached hydrogens (primary N) is 1. The molecule has 0 aromatic heterocycles. The number of hydrogen-bond donors (Lipinski definition) is 2. The maximum absolute atomic E-state index is 11.4. The van der Waals surface area contributed by atoms with Crippen LogP contribution in [0.25, 0.3) is 0 Å². The van der Waals surface area contributed by atoms with Gasteiger partial charge in [0.05, 0.1) is 0 Å². The molecule has 196 valence electrons. The number of hydrogen-bond acceptors (Lipinski definition) is 4. The van der Waals surface area contributed by atoms with Crippen LogP contribution in [0.1, 0.15) is 46.0 Å². The second-order valence-corrected chi connectivity index (χ2v) is 9.54. The minimum absolute atomic E-state index is 0.342. The van der Waals surface area contributed by atoms with Gasteiger partial charge in [-0.25, -0.2) is 0 Å². The minimum atomic E-state index is -0.387. The molecule has 0 aliphatic carbocycles. The standard InChI is InChI=1S/C33H36N2O3/c1-25(15-16-26-13-8-14-30(21-26)33(34)36)35-20-19-27-17-18-31(37-23-28-9-4-2-5-10-28)32(22-27)38-24-29-11-6-3-7-12-29/h2-14,17-18,21-22,25,35H,15-16,19-20,23-24H2,1H3,(H2,34,36). The first kappa shape index (κ1) is 27.0. The number of primary amides is 1. The molecule has 0 radical (unpaired) electrons. The predicted molar refractivity (Wildman–Crippen MR) is 152 cm³/mol. The lowest BCUT2D eigenvalue weighted by Crippen LogP contribution is -2.28. The van der Waals surface area contributed by atoms with Crippen molar-refractivity contribution in [2.45, 2.75) is 45.4 Å². The molecule has 0 fully saturated rings. The Bertz CT molecular complexity index is 1290. The summed E-state index contributed by atoms with van der Waals surface area (Å²) in [7, 11) is 0. The monoisotopic (exact) mass is 508 g/mol. The number of aryl methyl sites for hydroxylation is 1. The highest BCUT2D eigenvalue weighted by Gasteiger charge is 2.10. The number of nitrogens with one attached hydrogen (secondary N) is 1. The fraction of sp³-hybridized carbons (Fsp3) is 0.242. The first-order valence-electron chi connectivity index (χ1n) is 13.2. The Hall–Kier alpha value is -4.09. The van der Waals surface area contributed by atoms with E-state index in [1.54, 1.807) is 6.07 Å². The maximum Gasteiger partial charge on any atom is 0.248 e. The summed E-state index contributed by atoms with van der Waals surface area (Å²) >= 11 is 0. The lowest BCUT2D eigenvalue weighted by molar-refractivity contribution is 0.1000. The molecule has 3 N–H and O–H groups in total. The molecule has 1 atom stereocenters. The molecule has 5 heteroatoms. The summed E-state index contributed by atoms with van der Waals surface area (Å²) in [6.07, 6.45) is 2.74. The van der Waals surface area contributed by atoms with Crippen molar-refractivity contribution >= 4 is 5.91 Å². The van der Waals surface area contributed by atoms with Crippen LogP contribution in [0.3, 0.4) is 0 Å². The van der Waals surface area contributed by atoms with Gasteiger partial charge in [0, 0.05) is 11.6 Å². The van der Waals surface area contributed by atoms with E-state index >= 15 is 0 Å². The summed E-state index contributed by atoms with van der Waals surface area (Å²) in [6, 6.07) is 34.4. The van der Waals surface area contributed by atoms with Gasteiger partial charge in [-0.1, -0.05) is 78.9 Å². The molecule has 0 spiro atoms. The van der Waals surface area contributed by atoms with Gasteiger partial charge < -0.3 is 20.5 Å². The molecule has 4 rings (SSSR count). The molecule has 0 saturated carbocycles. The first-order valence-corrected chi connectivity index (χ1v) is 13.2. The van der Waals surface area contributed by atoms with Crippen molar-refractivity contribution in [2.75, 3.05) is 6.54 Å². The Kier molecular flexibility index (Phi) is 9.94. The third-order valence-electron chi connectivity index (χ3n) is 6.47. The van der Waals surface area contributed by atoms with Crippen LogP contribution in [0, 0.1) is 0 Å². The third-order valence-corrected chi connectivity index (χ3v) is 6.47. The van der Waals surface area contributed by atoms with Crippen LogP contribution in [-0.4, -0.2) is 18.5 Å². The zero-order valence-corrected chi connectivity index (χ0v) is 21.9. The topological polar surface area (TPSA) is 73.6 Å². The number of amides is 1. The quantitative estimate of drug-likeness (QED) is 0.216. The molecule has 0 bridgehead atoms. The molecule has 4 aromatic carbocycles. The highest BCUT2D eigenvalue weighted by molar-refractivity contribution is 5.92. The molecular weight excluding hydrogens is 472 g/mol. The molecule has 1 unspecified atom stereocenters. The van der Waals surface area contributed by atoms with E-state index in [9.17, 15) is 4.79 Å². The fourth-order valence-electron chi connectivity index (χ4n) is 4.24. The summed E-state index contributed by atoms with van der Waals surface area (Å²) in [4.78, 5) is 11.4. The molecule has 0 aliphatic rings. The van der Waals surface area contributed by atoms with Crippen molar-refractivity contribution in [3.05, 3.63) is 131 Å². The molecule has 1 amide bonds. The van der Waals surface area contributed by atoms with Crippen LogP contribution >= 0.6 is 0 Å². The van der Waals surface area contributed by atoms with Crippen LogP contribution in [0.4, 0.5) is 0 Å². The van der Waals surface area contributed by atoms with Crippen molar-refractivity contribution in [3.8, 4) is 11.5 Å². The smallest absolute Gasteiger partial charge is 0.248 e. The van der Waals surface area contributed by atoms with E-state index in [4.69, 9.17) is 15.2 Å². The van der Waals surface area contributed by atoms with Gasteiger partial charge in [0.1, 0.15) is 13.2 Å². The van der Waals surface area contributed by atoms with E-state index in [-0.39, 0.29) is 5.91 Å². The molecule has 0 aliphatic heterocycles. The molecular formula is C33H36N2O3. The second-order valence-electron chi connectivity index (χ2n) is 9.54. The van der Waals surface area contributed by atoms with Crippen molar-refractivity contribution in [1.29, 1.82) is 0 Å². The average molecular weight is 509 g/mol. The number of benzene rings is 4. The summed E-state index contributed by atoms with van der Waals surface area (Å²) in [5.74, 6) is 1.11. The summed E-state index contributed by atoms with van der Waals surface area (Å²) in [6.45, 7) is 4.01. The van der Waals surface area contributed by atoms with E-state index in [0.29, 0.717) is 24.8 Å². The summed E-state index contributed by atoms with van der Waals surface area (Å²) in [5, 5.41) is 3.61. The Labute approximate surface area is 225 Å². The zero-order chi connectivity index (χ0) is 26.6. The first-order chi connectivity index (χ1) is 18.6. The lowest BCUT2D eigenvalue weighted by atomic mass is 10.0. The van der Waals surface area contributed by atoms with Gasteiger partial charge in [0.25, 0.3) is 0 Å². The van der Waals surface area contributed by atoms with Gasteiger partial charge in [-0.3, -0.25) is 4.79 Å². The fourth-order valence-corrected chi connectivity index (χ4v) is 4.24. The number of rotatable bonds is 14. The van der Waals surface area contributed by atoms with E-state index in [0.717, 1.165) is 54.0 Å². The summed E-state index contributed by atoms with van der Waals surface area (Å²) < 4.78 is 12.4.